The molecule has 3 rings (SSSR count). The summed E-state index contributed by atoms with van der Waals surface area (Å²) in [5.41, 5.74) is 2.04. The standard InChI is InChI=1S/C15H20N4O4S/c1-10-6-14(11(2)23-10)15(20)16-8-12-7-13-9-18(24(3,21)22)4-5-19(13)17-12/h6-7H,4-5,8-9H2,1-3H3,(H,16,20). The summed E-state index contributed by atoms with van der Waals surface area (Å²) in [7, 11) is -3.21. The van der Waals surface area contributed by atoms with E-state index in [-0.39, 0.29) is 12.5 Å². The predicted molar refractivity (Wildman–Crippen MR) is 86.8 cm³/mol. The van der Waals surface area contributed by atoms with E-state index < -0.39 is 10.0 Å². The Morgan fingerprint density at radius 2 is 2.08 bits per heavy atom. The number of amides is 1. The number of hydrogen-bond donors (Lipinski definition) is 1. The third kappa shape index (κ3) is 3.36. The maximum atomic E-state index is 12.2. The molecule has 0 atom stereocenters. The fraction of sp³-hybridized carbons (Fsp3) is 0.467. The lowest BCUT2D eigenvalue weighted by Gasteiger charge is -2.25. The summed E-state index contributed by atoms with van der Waals surface area (Å²) in [4.78, 5) is 12.2. The molecule has 8 nitrogen and oxygen atoms in total. The van der Waals surface area contributed by atoms with Crippen LogP contribution in [0.15, 0.2) is 16.5 Å². The van der Waals surface area contributed by atoms with Crippen LogP contribution in [0.1, 0.15) is 33.3 Å². The fourth-order valence-corrected chi connectivity index (χ4v) is 3.57. The van der Waals surface area contributed by atoms with Gasteiger partial charge in [-0.05, 0) is 26.0 Å². The zero-order chi connectivity index (χ0) is 17.5. The second-order valence-electron chi connectivity index (χ2n) is 5.96. The number of sulfonamides is 1. The van der Waals surface area contributed by atoms with E-state index in [9.17, 15) is 13.2 Å². The zero-order valence-electron chi connectivity index (χ0n) is 13.9. The lowest BCUT2D eigenvalue weighted by atomic mass is 10.2. The minimum Gasteiger partial charge on any atom is -0.466 e. The number of nitrogens with zero attached hydrogens (tertiary/aromatic N) is 3. The van der Waals surface area contributed by atoms with Crippen LogP contribution in [0, 0.1) is 13.8 Å². The Kier molecular flexibility index (Phi) is 4.22. The number of carbonyl (C=O) groups is 1. The number of furan rings is 1. The lowest BCUT2D eigenvalue weighted by Crippen LogP contribution is -2.37. The fourth-order valence-electron chi connectivity index (χ4n) is 2.79. The molecule has 0 saturated carbocycles. The molecule has 0 aliphatic carbocycles. The first-order chi connectivity index (χ1) is 11.2. The van der Waals surface area contributed by atoms with E-state index in [1.54, 1.807) is 24.6 Å². The summed E-state index contributed by atoms with van der Waals surface area (Å²) in [5.74, 6) is 1.06. The van der Waals surface area contributed by atoms with Gasteiger partial charge < -0.3 is 9.73 Å². The molecule has 3 heterocycles. The highest BCUT2D eigenvalue weighted by atomic mass is 32.2. The summed E-state index contributed by atoms with van der Waals surface area (Å²) in [6, 6.07) is 3.53. The summed E-state index contributed by atoms with van der Waals surface area (Å²) in [6.45, 7) is 5.04. The van der Waals surface area contributed by atoms with Crippen molar-refractivity contribution in [3.63, 3.8) is 0 Å². The Hall–Kier alpha value is -2.13. The van der Waals surface area contributed by atoms with Crippen molar-refractivity contribution in [2.24, 2.45) is 0 Å². The maximum Gasteiger partial charge on any atom is 0.255 e. The van der Waals surface area contributed by atoms with E-state index in [1.165, 1.54) is 10.6 Å². The van der Waals surface area contributed by atoms with Crippen molar-refractivity contribution in [2.45, 2.75) is 33.5 Å². The molecule has 0 saturated heterocycles. The second-order valence-corrected chi connectivity index (χ2v) is 7.94. The molecule has 0 unspecified atom stereocenters. The third-order valence-electron chi connectivity index (χ3n) is 4.00. The Labute approximate surface area is 140 Å². The van der Waals surface area contributed by atoms with Crippen molar-refractivity contribution in [2.75, 3.05) is 12.8 Å². The molecular weight excluding hydrogens is 332 g/mol. The smallest absolute Gasteiger partial charge is 0.255 e. The topological polar surface area (TPSA) is 97.4 Å². The Bertz CT molecular complexity index is 881. The van der Waals surface area contributed by atoms with Gasteiger partial charge in [0, 0.05) is 6.54 Å². The van der Waals surface area contributed by atoms with Gasteiger partial charge in [-0.25, -0.2) is 8.42 Å². The van der Waals surface area contributed by atoms with Crippen LogP contribution >= 0.6 is 0 Å². The van der Waals surface area contributed by atoms with Crippen LogP contribution in [-0.4, -0.2) is 41.2 Å². The lowest BCUT2D eigenvalue weighted by molar-refractivity contribution is 0.0949. The Morgan fingerprint density at radius 1 is 1.33 bits per heavy atom. The molecular formula is C15H20N4O4S. The van der Waals surface area contributed by atoms with E-state index in [0.29, 0.717) is 42.4 Å². The number of hydrogen-bond acceptors (Lipinski definition) is 5. The van der Waals surface area contributed by atoms with Crippen molar-refractivity contribution in [3.8, 4) is 0 Å². The highest BCUT2D eigenvalue weighted by Crippen LogP contribution is 2.17. The van der Waals surface area contributed by atoms with Gasteiger partial charge in [-0.3, -0.25) is 9.48 Å². The Morgan fingerprint density at radius 3 is 2.71 bits per heavy atom. The largest absolute Gasteiger partial charge is 0.466 e. The average Bonchev–Trinajstić information content (AvgIpc) is 3.05. The number of carbonyl (C=O) groups excluding carboxylic acids is 1. The van der Waals surface area contributed by atoms with Crippen LogP contribution in [-0.2, 0) is 29.7 Å². The van der Waals surface area contributed by atoms with E-state index in [4.69, 9.17) is 4.42 Å². The van der Waals surface area contributed by atoms with Crippen molar-refractivity contribution in [1.82, 2.24) is 19.4 Å². The number of aryl methyl sites for hydroxylation is 2. The molecule has 1 aliphatic rings. The summed E-state index contributed by atoms with van der Waals surface area (Å²) in [5, 5.41) is 7.23. The molecule has 0 aromatic carbocycles. The number of fused-ring (bicyclic) bond motifs is 1. The molecule has 0 spiro atoms. The van der Waals surface area contributed by atoms with Gasteiger partial charge in [-0.15, -0.1) is 0 Å². The van der Waals surface area contributed by atoms with Crippen LogP contribution in [0.5, 0.6) is 0 Å². The van der Waals surface area contributed by atoms with Crippen molar-refractivity contribution in [3.05, 3.63) is 40.6 Å². The predicted octanol–water partition coefficient (Wildman–Crippen LogP) is 0.798. The molecule has 0 bridgehead atoms. The third-order valence-corrected chi connectivity index (χ3v) is 5.25. The molecule has 130 valence electrons. The molecule has 0 radical (unpaired) electrons. The van der Waals surface area contributed by atoms with Gasteiger partial charge in [-0.1, -0.05) is 0 Å². The molecule has 24 heavy (non-hydrogen) atoms. The first-order valence-corrected chi connectivity index (χ1v) is 9.45. The van der Waals surface area contributed by atoms with Crippen LogP contribution < -0.4 is 5.32 Å². The van der Waals surface area contributed by atoms with Crippen molar-refractivity contribution in [1.29, 1.82) is 0 Å². The molecule has 1 N–H and O–H groups in total. The molecule has 9 heteroatoms. The summed E-state index contributed by atoms with van der Waals surface area (Å²) in [6.07, 6.45) is 1.20. The highest BCUT2D eigenvalue weighted by molar-refractivity contribution is 7.88. The van der Waals surface area contributed by atoms with Crippen LogP contribution in [0.3, 0.4) is 0 Å². The molecule has 2 aromatic rings. The van der Waals surface area contributed by atoms with Crippen LogP contribution in [0.25, 0.3) is 0 Å². The molecule has 1 aliphatic heterocycles. The minimum absolute atomic E-state index is 0.215. The van der Waals surface area contributed by atoms with Crippen molar-refractivity contribution < 1.29 is 17.6 Å². The van der Waals surface area contributed by atoms with Crippen molar-refractivity contribution >= 4 is 15.9 Å². The average molecular weight is 352 g/mol. The highest BCUT2D eigenvalue weighted by Gasteiger charge is 2.24. The van der Waals surface area contributed by atoms with Gasteiger partial charge in [-0.2, -0.15) is 9.40 Å². The van der Waals surface area contributed by atoms with E-state index in [0.717, 1.165) is 5.69 Å². The summed E-state index contributed by atoms with van der Waals surface area (Å²) < 4.78 is 31.8. The van der Waals surface area contributed by atoms with Gasteiger partial charge in [0.15, 0.2) is 0 Å². The van der Waals surface area contributed by atoms with E-state index in [2.05, 4.69) is 10.4 Å². The van der Waals surface area contributed by atoms with Gasteiger partial charge in [0.05, 0.1) is 42.8 Å². The SMILES string of the molecule is Cc1cc(C(=O)NCc2cc3n(n2)CCN(S(C)(=O)=O)C3)c(C)o1. The van der Waals surface area contributed by atoms with Gasteiger partial charge in [0.1, 0.15) is 11.5 Å². The molecule has 1 amide bonds. The van der Waals surface area contributed by atoms with Gasteiger partial charge in [0.2, 0.25) is 10.0 Å². The zero-order valence-corrected chi connectivity index (χ0v) is 14.7. The summed E-state index contributed by atoms with van der Waals surface area (Å²) >= 11 is 0. The first kappa shape index (κ1) is 16.7. The first-order valence-electron chi connectivity index (χ1n) is 7.60. The number of nitrogens with one attached hydrogen (secondary N) is 1. The number of aromatic nitrogens is 2. The second kappa shape index (κ2) is 6.06. The minimum atomic E-state index is -3.21. The Balaban J connectivity index is 1.67. The normalized spacial score (nSPS) is 15.3. The van der Waals surface area contributed by atoms with E-state index in [1.807, 2.05) is 6.07 Å². The maximum absolute atomic E-state index is 12.2. The quantitative estimate of drug-likeness (QED) is 0.878. The van der Waals surface area contributed by atoms with Gasteiger partial charge in [0.25, 0.3) is 5.91 Å². The number of rotatable bonds is 4. The van der Waals surface area contributed by atoms with E-state index >= 15 is 0 Å². The monoisotopic (exact) mass is 352 g/mol. The van der Waals surface area contributed by atoms with Crippen LogP contribution in [0.2, 0.25) is 0 Å². The molecule has 0 fully saturated rings. The molecule has 2 aromatic heterocycles. The van der Waals surface area contributed by atoms with Crippen LogP contribution in [0.4, 0.5) is 0 Å². The van der Waals surface area contributed by atoms with Gasteiger partial charge >= 0.3 is 0 Å².